The minimum absolute atomic E-state index is 0.203. The van der Waals surface area contributed by atoms with Gasteiger partial charge in [0, 0.05) is 5.92 Å². The quantitative estimate of drug-likeness (QED) is 0.769. The summed E-state index contributed by atoms with van der Waals surface area (Å²) >= 11 is 1.29. The number of anilines is 1. The maximum atomic E-state index is 13.0. The fourth-order valence-electron chi connectivity index (χ4n) is 3.01. The zero-order chi connectivity index (χ0) is 19.7. The summed E-state index contributed by atoms with van der Waals surface area (Å²) in [5.74, 6) is -1.29. The fraction of sp³-hybridized carbons (Fsp3) is 0.421. The van der Waals surface area contributed by atoms with Gasteiger partial charge in [-0.1, -0.05) is 57.6 Å². The van der Waals surface area contributed by atoms with Gasteiger partial charge < -0.3 is 0 Å². The van der Waals surface area contributed by atoms with Gasteiger partial charge in [-0.2, -0.15) is 0 Å². The molecule has 1 aromatic heterocycles. The van der Waals surface area contributed by atoms with Crippen molar-refractivity contribution in [3.63, 3.8) is 0 Å². The molecular weight excluding hydrogens is 364 g/mol. The zero-order valence-corrected chi connectivity index (χ0v) is 16.5. The molecule has 8 heteroatoms. The lowest BCUT2D eigenvalue weighted by Gasteiger charge is -2.29. The lowest BCUT2D eigenvalue weighted by molar-refractivity contribution is -0.121. The second-order valence-electron chi connectivity index (χ2n) is 6.95. The molecule has 0 fully saturated rings. The predicted octanol–water partition coefficient (Wildman–Crippen LogP) is 3.31. The lowest BCUT2D eigenvalue weighted by Crippen LogP contribution is -2.50. The molecule has 3 rings (SSSR count). The molecule has 1 aliphatic heterocycles. The van der Waals surface area contributed by atoms with Gasteiger partial charge in [-0.3, -0.25) is 24.6 Å². The monoisotopic (exact) mass is 386 g/mol. The minimum atomic E-state index is -0.909. The molecule has 3 amide bonds. The van der Waals surface area contributed by atoms with Gasteiger partial charge in [0.1, 0.15) is 11.0 Å². The number of hydrogen-bond donors (Lipinski definition) is 1. The topological polar surface area (TPSA) is 92.3 Å². The number of benzene rings is 1. The largest absolute Gasteiger partial charge is 0.299 e. The molecule has 1 N–H and O–H groups in total. The van der Waals surface area contributed by atoms with Crippen LogP contribution in [0.1, 0.15) is 65.8 Å². The zero-order valence-electron chi connectivity index (χ0n) is 15.7. The van der Waals surface area contributed by atoms with Crippen molar-refractivity contribution in [1.82, 2.24) is 15.1 Å². The van der Waals surface area contributed by atoms with Crippen LogP contribution in [0.2, 0.25) is 0 Å². The standard InChI is InChI=1S/C19H22N4O3S/c1-5-11(4)14(15(24)20-19-22-21-16(27-19)10(2)3)23-17(25)12-8-6-7-9-13(12)18(23)26/h6-11,14H,5H2,1-4H3,(H,20,22,24)/t11-,14+/m0/s1. The van der Waals surface area contributed by atoms with E-state index in [2.05, 4.69) is 15.5 Å². The first-order valence-corrected chi connectivity index (χ1v) is 9.78. The van der Waals surface area contributed by atoms with Gasteiger partial charge in [0.2, 0.25) is 11.0 Å². The molecule has 0 saturated heterocycles. The van der Waals surface area contributed by atoms with E-state index in [0.29, 0.717) is 22.7 Å². The van der Waals surface area contributed by atoms with Gasteiger partial charge in [0.25, 0.3) is 11.8 Å². The smallest absolute Gasteiger partial charge is 0.262 e. The van der Waals surface area contributed by atoms with Gasteiger partial charge in [-0.15, -0.1) is 10.2 Å². The Labute approximate surface area is 161 Å². The summed E-state index contributed by atoms with van der Waals surface area (Å²) in [6.07, 6.45) is 0.638. The molecule has 1 aliphatic rings. The van der Waals surface area contributed by atoms with Crippen LogP contribution in [-0.4, -0.2) is 38.9 Å². The summed E-state index contributed by atoms with van der Waals surface area (Å²) in [7, 11) is 0. The Morgan fingerprint density at radius 2 is 1.70 bits per heavy atom. The van der Waals surface area contributed by atoms with Crippen molar-refractivity contribution in [2.75, 3.05) is 5.32 Å². The van der Waals surface area contributed by atoms with E-state index in [1.54, 1.807) is 24.3 Å². The molecule has 2 heterocycles. The number of nitrogens with zero attached hydrogens (tertiary/aromatic N) is 3. The van der Waals surface area contributed by atoms with Crippen LogP contribution in [-0.2, 0) is 4.79 Å². The number of nitrogens with one attached hydrogen (secondary N) is 1. The van der Waals surface area contributed by atoms with E-state index in [1.807, 2.05) is 27.7 Å². The number of imide groups is 1. The third kappa shape index (κ3) is 3.49. The molecule has 1 aromatic carbocycles. The number of amides is 3. The van der Waals surface area contributed by atoms with Crippen LogP contribution in [0.25, 0.3) is 0 Å². The average Bonchev–Trinajstić information content (AvgIpc) is 3.21. The molecule has 0 unspecified atom stereocenters. The summed E-state index contributed by atoms with van der Waals surface area (Å²) in [6.45, 7) is 7.76. The van der Waals surface area contributed by atoms with E-state index >= 15 is 0 Å². The fourth-order valence-corrected chi connectivity index (χ4v) is 3.76. The Morgan fingerprint density at radius 3 is 2.19 bits per heavy atom. The Hall–Kier alpha value is -2.61. The molecule has 2 atom stereocenters. The Balaban J connectivity index is 1.89. The van der Waals surface area contributed by atoms with Crippen molar-refractivity contribution in [1.29, 1.82) is 0 Å². The molecule has 0 saturated carbocycles. The first-order valence-electron chi connectivity index (χ1n) is 8.96. The van der Waals surface area contributed by atoms with Gasteiger partial charge in [-0.25, -0.2) is 0 Å². The third-order valence-corrected chi connectivity index (χ3v) is 5.86. The van der Waals surface area contributed by atoms with Crippen LogP contribution in [0.15, 0.2) is 24.3 Å². The van der Waals surface area contributed by atoms with Gasteiger partial charge in [0.15, 0.2) is 0 Å². The van der Waals surface area contributed by atoms with Crippen LogP contribution in [0.3, 0.4) is 0 Å². The molecule has 27 heavy (non-hydrogen) atoms. The highest BCUT2D eigenvalue weighted by Gasteiger charge is 2.44. The van der Waals surface area contributed by atoms with E-state index < -0.39 is 23.8 Å². The number of hydrogen-bond acceptors (Lipinski definition) is 6. The highest BCUT2D eigenvalue weighted by molar-refractivity contribution is 7.15. The van der Waals surface area contributed by atoms with Crippen molar-refractivity contribution in [3.05, 3.63) is 40.4 Å². The first-order chi connectivity index (χ1) is 12.8. The molecule has 0 radical (unpaired) electrons. The summed E-state index contributed by atoms with van der Waals surface area (Å²) < 4.78 is 0. The Bertz CT molecular complexity index is 858. The van der Waals surface area contributed by atoms with Crippen molar-refractivity contribution >= 4 is 34.2 Å². The van der Waals surface area contributed by atoms with E-state index in [9.17, 15) is 14.4 Å². The number of carbonyl (C=O) groups is 3. The van der Waals surface area contributed by atoms with Crippen molar-refractivity contribution in [2.24, 2.45) is 5.92 Å². The molecule has 0 spiro atoms. The van der Waals surface area contributed by atoms with Crippen LogP contribution < -0.4 is 5.32 Å². The van der Waals surface area contributed by atoms with E-state index in [0.717, 1.165) is 9.91 Å². The van der Waals surface area contributed by atoms with Crippen molar-refractivity contribution < 1.29 is 14.4 Å². The number of rotatable bonds is 6. The van der Waals surface area contributed by atoms with Crippen molar-refractivity contribution in [2.45, 2.75) is 46.1 Å². The van der Waals surface area contributed by atoms with Crippen LogP contribution in [0.5, 0.6) is 0 Å². The Morgan fingerprint density at radius 1 is 1.11 bits per heavy atom. The maximum Gasteiger partial charge on any atom is 0.262 e. The van der Waals surface area contributed by atoms with E-state index in [-0.39, 0.29) is 11.8 Å². The van der Waals surface area contributed by atoms with Gasteiger partial charge in [0.05, 0.1) is 11.1 Å². The van der Waals surface area contributed by atoms with E-state index in [1.165, 1.54) is 11.3 Å². The first kappa shape index (κ1) is 19.2. The van der Waals surface area contributed by atoms with Gasteiger partial charge >= 0.3 is 0 Å². The summed E-state index contributed by atoms with van der Waals surface area (Å²) in [4.78, 5) is 39.7. The molecule has 2 aromatic rings. The molecule has 142 valence electrons. The SMILES string of the molecule is CC[C@H](C)[C@H](C(=O)Nc1nnc(C(C)C)s1)N1C(=O)c2ccccc2C1=O. The van der Waals surface area contributed by atoms with Crippen molar-refractivity contribution in [3.8, 4) is 0 Å². The average molecular weight is 386 g/mol. The minimum Gasteiger partial charge on any atom is -0.299 e. The third-order valence-electron chi connectivity index (χ3n) is 4.72. The number of aromatic nitrogens is 2. The molecule has 0 bridgehead atoms. The predicted molar refractivity (Wildman–Crippen MR) is 103 cm³/mol. The second-order valence-corrected chi connectivity index (χ2v) is 7.95. The normalized spacial score (nSPS) is 15.8. The second kappa shape index (κ2) is 7.56. The highest BCUT2D eigenvalue weighted by atomic mass is 32.1. The Kier molecular flexibility index (Phi) is 5.36. The van der Waals surface area contributed by atoms with Crippen LogP contribution in [0.4, 0.5) is 5.13 Å². The molecule has 7 nitrogen and oxygen atoms in total. The van der Waals surface area contributed by atoms with Gasteiger partial charge in [-0.05, 0) is 18.1 Å². The number of fused-ring (bicyclic) bond motifs is 1. The van der Waals surface area contributed by atoms with Crippen LogP contribution >= 0.6 is 11.3 Å². The number of carbonyl (C=O) groups excluding carboxylic acids is 3. The van der Waals surface area contributed by atoms with Crippen LogP contribution in [0, 0.1) is 5.92 Å². The lowest BCUT2D eigenvalue weighted by atomic mass is 9.96. The highest BCUT2D eigenvalue weighted by Crippen LogP contribution is 2.29. The molecule has 0 aliphatic carbocycles. The maximum absolute atomic E-state index is 13.0. The summed E-state index contributed by atoms with van der Waals surface area (Å²) in [5.41, 5.74) is 0.670. The summed E-state index contributed by atoms with van der Waals surface area (Å²) in [5, 5.41) is 12.0. The summed E-state index contributed by atoms with van der Waals surface area (Å²) in [6, 6.07) is 5.73. The molecular formula is C19H22N4O3S. The van der Waals surface area contributed by atoms with E-state index in [4.69, 9.17) is 0 Å².